The van der Waals surface area contributed by atoms with Gasteiger partial charge in [0.1, 0.15) is 5.75 Å². The average Bonchev–Trinajstić information content (AvgIpc) is 2.44. The third kappa shape index (κ3) is 3.77. The number of ether oxygens (including phenoxy) is 2. The van der Waals surface area contributed by atoms with Gasteiger partial charge in [0.25, 0.3) is 0 Å². The van der Waals surface area contributed by atoms with Gasteiger partial charge in [0, 0.05) is 31.0 Å². The summed E-state index contributed by atoms with van der Waals surface area (Å²) in [4.78, 5) is 0. The number of nitrogens with one attached hydrogen (secondary N) is 1. The van der Waals surface area contributed by atoms with E-state index in [4.69, 9.17) is 15.2 Å². The van der Waals surface area contributed by atoms with Crippen molar-refractivity contribution in [2.24, 2.45) is 5.92 Å². The molecule has 19 heavy (non-hydrogen) atoms. The highest BCUT2D eigenvalue weighted by molar-refractivity contribution is 5.61. The van der Waals surface area contributed by atoms with E-state index in [0.29, 0.717) is 24.3 Å². The van der Waals surface area contributed by atoms with Crippen molar-refractivity contribution >= 4 is 11.4 Å². The molecule has 1 unspecified atom stereocenters. The highest BCUT2D eigenvalue weighted by atomic mass is 16.5. The lowest BCUT2D eigenvalue weighted by Crippen LogP contribution is -2.30. The molecule has 1 aromatic rings. The van der Waals surface area contributed by atoms with Gasteiger partial charge in [-0.25, -0.2) is 0 Å². The van der Waals surface area contributed by atoms with Gasteiger partial charge in [-0.2, -0.15) is 0 Å². The van der Waals surface area contributed by atoms with Crippen LogP contribution in [0.4, 0.5) is 11.4 Å². The van der Waals surface area contributed by atoms with Crippen molar-refractivity contribution in [2.45, 2.75) is 32.7 Å². The quantitative estimate of drug-likeness (QED) is 0.803. The van der Waals surface area contributed by atoms with Gasteiger partial charge >= 0.3 is 0 Å². The molecule has 0 bridgehead atoms. The van der Waals surface area contributed by atoms with E-state index in [0.717, 1.165) is 37.5 Å². The van der Waals surface area contributed by atoms with Gasteiger partial charge in [0.15, 0.2) is 0 Å². The van der Waals surface area contributed by atoms with E-state index < -0.39 is 0 Å². The Kier molecular flexibility index (Phi) is 4.91. The number of rotatable bonds is 5. The van der Waals surface area contributed by atoms with Crippen LogP contribution in [0, 0.1) is 5.92 Å². The van der Waals surface area contributed by atoms with Crippen molar-refractivity contribution in [3.63, 3.8) is 0 Å². The van der Waals surface area contributed by atoms with Crippen LogP contribution in [-0.4, -0.2) is 25.9 Å². The van der Waals surface area contributed by atoms with E-state index in [2.05, 4.69) is 12.2 Å². The van der Waals surface area contributed by atoms with E-state index in [1.54, 1.807) is 0 Å². The van der Waals surface area contributed by atoms with Gasteiger partial charge in [-0.3, -0.25) is 0 Å². The van der Waals surface area contributed by atoms with E-state index in [1.165, 1.54) is 0 Å². The SMILES string of the molecule is CCOc1cc(NC(C)C2CCOCC2)ccc1N. The van der Waals surface area contributed by atoms with Crippen molar-refractivity contribution in [3.05, 3.63) is 18.2 Å². The predicted octanol–water partition coefficient (Wildman–Crippen LogP) is 2.89. The Morgan fingerprint density at radius 1 is 1.42 bits per heavy atom. The molecule has 3 N–H and O–H groups in total. The third-order valence-electron chi connectivity index (χ3n) is 3.68. The molecule has 0 spiro atoms. The minimum Gasteiger partial charge on any atom is -0.492 e. The second-order valence-electron chi connectivity index (χ2n) is 5.07. The fourth-order valence-corrected chi connectivity index (χ4v) is 2.50. The van der Waals surface area contributed by atoms with Crippen molar-refractivity contribution in [3.8, 4) is 5.75 Å². The molecule has 4 heteroatoms. The van der Waals surface area contributed by atoms with Crippen molar-refractivity contribution in [2.75, 3.05) is 30.9 Å². The minimum atomic E-state index is 0.432. The summed E-state index contributed by atoms with van der Waals surface area (Å²) in [6.07, 6.45) is 2.25. The molecule has 0 aliphatic carbocycles. The first-order valence-corrected chi connectivity index (χ1v) is 7.07. The van der Waals surface area contributed by atoms with Crippen LogP contribution in [-0.2, 0) is 4.74 Å². The van der Waals surface area contributed by atoms with Crippen molar-refractivity contribution in [1.82, 2.24) is 0 Å². The summed E-state index contributed by atoms with van der Waals surface area (Å²) in [7, 11) is 0. The first-order valence-electron chi connectivity index (χ1n) is 7.07. The van der Waals surface area contributed by atoms with E-state index in [9.17, 15) is 0 Å². The molecule has 1 fully saturated rings. The van der Waals surface area contributed by atoms with Crippen LogP contribution in [0.25, 0.3) is 0 Å². The van der Waals surface area contributed by atoms with Crippen LogP contribution in [0.1, 0.15) is 26.7 Å². The van der Waals surface area contributed by atoms with Crippen LogP contribution in [0.5, 0.6) is 5.75 Å². The number of nitrogen functional groups attached to an aromatic ring is 1. The molecule has 2 rings (SSSR count). The molecule has 4 nitrogen and oxygen atoms in total. The van der Waals surface area contributed by atoms with Crippen LogP contribution in [0.3, 0.4) is 0 Å². The average molecular weight is 264 g/mol. The van der Waals surface area contributed by atoms with Gasteiger partial charge < -0.3 is 20.5 Å². The van der Waals surface area contributed by atoms with Crippen molar-refractivity contribution < 1.29 is 9.47 Å². The molecular formula is C15H24N2O2. The first-order chi connectivity index (χ1) is 9.20. The maximum absolute atomic E-state index is 5.88. The summed E-state index contributed by atoms with van der Waals surface area (Å²) in [5.41, 5.74) is 7.63. The van der Waals surface area contributed by atoms with Crippen LogP contribution in [0.2, 0.25) is 0 Å². The maximum Gasteiger partial charge on any atom is 0.144 e. The first kappa shape index (κ1) is 14.0. The van der Waals surface area contributed by atoms with Gasteiger partial charge in [-0.1, -0.05) is 0 Å². The number of nitrogens with two attached hydrogens (primary N) is 1. The molecule has 0 saturated carbocycles. The van der Waals surface area contributed by atoms with Crippen molar-refractivity contribution in [1.29, 1.82) is 0 Å². The van der Waals surface area contributed by atoms with Crippen LogP contribution >= 0.6 is 0 Å². The summed E-state index contributed by atoms with van der Waals surface area (Å²) in [5, 5.41) is 3.55. The number of anilines is 2. The molecule has 0 radical (unpaired) electrons. The summed E-state index contributed by atoms with van der Waals surface area (Å²) >= 11 is 0. The van der Waals surface area contributed by atoms with Crippen LogP contribution in [0.15, 0.2) is 18.2 Å². The topological polar surface area (TPSA) is 56.5 Å². The van der Waals surface area contributed by atoms with Gasteiger partial charge in [-0.05, 0) is 44.7 Å². The molecule has 106 valence electrons. The van der Waals surface area contributed by atoms with Crippen LogP contribution < -0.4 is 15.8 Å². The van der Waals surface area contributed by atoms with E-state index in [1.807, 2.05) is 25.1 Å². The Bertz CT molecular complexity index is 403. The molecule has 0 aromatic heterocycles. The van der Waals surface area contributed by atoms with E-state index in [-0.39, 0.29) is 0 Å². The number of benzene rings is 1. The van der Waals surface area contributed by atoms with Gasteiger partial charge in [0.2, 0.25) is 0 Å². The predicted molar refractivity (Wildman–Crippen MR) is 78.7 cm³/mol. The zero-order valence-electron chi connectivity index (χ0n) is 11.8. The Morgan fingerprint density at radius 3 is 2.84 bits per heavy atom. The lowest BCUT2D eigenvalue weighted by molar-refractivity contribution is 0.0622. The zero-order valence-corrected chi connectivity index (χ0v) is 11.8. The van der Waals surface area contributed by atoms with Gasteiger partial charge in [0.05, 0.1) is 12.3 Å². The monoisotopic (exact) mass is 264 g/mol. The Hall–Kier alpha value is -1.42. The molecule has 1 saturated heterocycles. The smallest absolute Gasteiger partial charge is 0.144 e. The van der Waals surface area contributed by atoms with Gasteiger partial charge in [-0.15, -0.1) is 0 Å². The number of hydrogen-bond acceptors (Lipinski definition) is 4. The summed E-state index contributed by atoms with van der Waals surface area (Å²) in [5.74, 6) is 1.42. The lowest BCUT2D eigenvalue weighted by Gasteiger charge is -2.29. The standard InChI is InChI=1S/C15H24N2O2/c1-3-19-15-10-13(4-5-14(15)16)17-11(2)12-6-8-18-9-7-12/h4-5,10-12,17H,3,6-9,16H2,1-2H3. The molecule has 1 aliphatic rings. The fraction of sp³-hybridized carbons (Fsp3) is 0.600. The second-order valence-corrected chi connectivity index (χ2v) is 5.07. The Morgan fingerprint density at radius 2 is 2.16 bits per heavy atom. The highest BCUT2D eigenvalue weighted by Gasteiger charge is 2.20. The summed E-state index contributed by atoms with van der Waals surface area (Å²) in [6, 6.07) is 6.31. The molecular weight excluding hydrogens is 240 g/mol. The third-order valence-corrected chi connectivity index (χ3v) is 3.68. The summed E-state index contributed by atoms with van der Waals surface area (Å²) < 4.78 is 10.9. The fourth-order valence-electron chi connectivity index (χ4n) is 2.50. The summed E-state index contributed by atoms with van der Waals surface area (Å²) in [6.45, 7) is 6.57. The minimum absolute atomic E-state index is 0.432. The lowest BCUT2D eigenvalue weighted by atomic mass is 9.93. The maximum atomic E-state index is 5.88. The second kappa shape index (κ2) is 6.66. The molecule has 1 heterocycles. The zero-order chi connectivity index (χ0) is 13.7. The Labute approximate surface area is 115 Å². The Balaban J connectivity index is 1.99. The van der Waals surface area contributed by atoms with E-state index >= 15 is 0 Å². The molecule has 1 aliphatic heterocycles. The molecule has 0 amide bonds. The highest BCUT2D eigenvalue weighted by Crippen LogP contribution is 2.28. The normalized spacial score (nSPS) is 18.0. The molecule has 1 atom stereocenters. The largest absolute Gasteiger partial charge is 0.492 e. The number of hydrogen-bond donors (Lipinski definition) is 2. The molecule has 1 aromatic carbocycles.